The Hall–Kier alpha value is -0.870. The van der Waals surface area contributed by atoms with E-state index in [1.165, 1.54) is 11.1 Å². The average Bonchev–Trinajstić information content (AvgIpc) is 2.85. The van der Waals surface area contributed by atoms with Crippen LogP contribution in [0.1, 0.15) is 36.8 Å². The maximum absolute atomic E-state index is 11.9. The molecule has 0 unspecified atom stereocenters. The predicted molar refractivity (Wildman–Crippen MR) is 66.3 cm³/mol. The highest BCUT2D eigenvalue weighted by Crippen LogP contribution is 2.27. The van der Waals surface area contributed by atoms with E-state index in [2.05, 4.69) is 23.0 Å². The van der Waals surface area contributed by atoms with Crippen molar-refractivity contribution in [3.05, 3.63) is 21.9 Å². The normalized spacial score (nSPS) is 18.6. The highest BCUT2D eigenvalue weighted by Gasteiger charge is 2.36. The molecule has 0 spiro atoms. The fraction of sp³-hybridized carbons (Fsp3) is 0.583. The summed E-state index contributed by atoms with van der Waals surface area (Å²) in [7, 11) is 0. The lowest BCUT2D eigenvalue weighted by molar-refractivity contribution is -0.126. The van der Waals surface area contributed by atoms with Crippen LogP contribution < -0.4 is 11.1 Å². The zero-order chi connectivity index (χ0) is 11.6. The number of aryl methyl sites for hydroxylation is 1. The first-order chi connectivity index (χ1) is 7.62. The third-order valence-corrected chi connectivity index (χ3v) is 4.26. The van der Waals surface area contributed by atoms with Gasteiger partial charge in [0.1, 0.15) is 0 Å². The van der Waals surface area contributed by atoms with Crippen LogP contribution in [0.25, 0.3) is 0 Å². The Labute approximate surface area is 100 Å². The quantitative estimate of drug-likeness (QED) is 0.845. The molecule has 4 heteroatoms. The summed E-state index contributed by atoms with van der Waals surface area (Å²) in [5.74, 6) is 0.00981. The number of thiophene rings is 1. The average molecular weight is 238 g/mol. The lowest BCUT2D eigenvalue weighted by atomic mass is 9.98. The van der Waals surface area contributed by atoms with Gasteiger partial charge in [-0.25, -0.2) is 0 Å². The van der Waals surface area contributed by atoms with E-state index in [1.807, 2.05) is 0 Å². The SMILES string of the molecule is Cc1cscc1CNC(=O)C1(N)CCCC1. The van der Waals surface area contributed by atoms with Crippen LogP contribution in [0.2, 0.25) is 0 Å². The highest BCUT2D eigenvalue weighted by atomic mass is 32.1. The smallest absolute Gasteiger partial charge is 0.240 e. The summed E-state index contributed by atoms with van der Waals surface area (Å²) < 4.78 is 0. The van der Waals surface area contributed by atoms with Crippen LogP contribution in [-0.4, -0.2) is 11.4 Å². The summed E-state index contributed by atoms with van der Waals surface area (Å²) in [5, 5.41) is 7.12. The van der Waals surface area contributed by atoms with E-state index in [0.29, 0.717) is 6.54 Å². The zero-order valence-electron chi connectivity index (χ0n) is 9.58. The number of hydrogen-bond acceptors (Lipinski definition) is 3. The highest BCUT2D eigenvalue weighted by molar-refractivity contribution is 7.08. The molecular formula is C12H18N2OS. The molecule has 1 aromatic heterocycles. The van der Waals surface area contributed by atoms with Crippen molar-refractivity contribution >= 4 is 17.2 Å². The van der Waals surface area contributed by atoms with Crippen molar-refractivity contribution in [1.29, 1.82) is 0 Å². The molecule has 1 amide bonds. The van der Waals surface area contributed by atoms with Gasteiger partial charge in [-0.1, -0.05) is 12.8 Å². The molecular weight excluding hydrogens is 220 g/mol. The molecule has 3 N–H and O–H groups in total. The fourth-order valence-electron chi connectivity index (χ4n) is 2.15. The van der Waals surface area contributed by atoms with Crippen molar-refractivity contribution in [1.82, 2.24) is 5.32 Å². The minimum atomic E-state index is -0.607. The third kappa shape index (κ3) is 2.28. The van der Waals surface area contributed by atoms with E-state index in [4.69, 9.17) is 5.73 Å². The van der Waals surface area contributed by atoms with Crippen molar-refractivity contribution in [3.63, 3.8) is 0 Å². The molecule has 1 aromatic rings. The molecule has 88 valence electrons. The van der Waals surface area contributed by atoms with Crippen molar-refractivity contribution in [2.45, 2.75) is 44.7 Å². The first kappa shape index (κ1) is 11.6. The minimum absolute atomic E-state index is 0.00981. The molecule has 1 aliphatic carbocycles. The topological polar surface area (TPSA) is 55.1 Å². The van der Waals surface area contributed by atoms with Crippen LogP contribution in [-0.2, 0) is 11.3 Å². The molecule has 2 rings (SSSR count). The molecule has 16 heavy (non-hydrogen) atoms. The fourth-order valence-corrected chi connectivity index (χ4v) is 3.01. The van der Waals surface area contributed by atoms with Crippen LogP contribution in [0.4, 0.5) is 0 Å². The molecule has 0 saturated heterocycles. The first-order valence-electron chi connectivity index (χ1n) is 5.71. The van der Waals surface area contributed by atoms with E-state index in [9.17, 15) is 4.79 Å². The lowest BCUT2D eigenvalue weighted by Gasteiger charge is -2.22. The van der Waals surface area contributed by atoms with Crippen molar-refractivity contribution in [3.8, 4) is 0 Å². The van der Waals surface area contributed by atoms with Gasteiger partial charge < -0.3 is 11.1 Å². The van der Waals surface area contributed by atoms with Crippen LogP contribution in [0.3, 0.4) is 0 Å². The summed E-state index contributed by atoms with van der Waals surface area (Å²) in [5.41, 5.74) is 7.90. The Balaban J connectivity index is 1.91. The second-order valence-corrected chi connectivity index (χ2v) is 5.37. The lowest BCUT2D eigenvalue weighted by Crippen LogP contribution is -2.51. The molecule has 0 radical (unpaired) electrons. The van der Waals surface area contributed by atoms with Gasteiger partial charge >= 0.3 is 0 Å². The molecule has 1 aliphatic rings. The minimum Gasteiger partial charge on any atom is -0.350 e. The number of carbonyl (C=O) groups excluding carboxylic acids is 1. The molecule has 1 fully saturated rings. The number of hydrogen-bond donors (Lipinski definition) is 2. The Morgan fingerprint density at radius 3 is 2.75 bits per heavy atom. The Morgan fingerprint density at radius 2 is 2.19 bits per heavy atom. The van der Waals surface area contributed by atoms with Gasteiger partial charge in [-0.15, -0.1) is 0 Å². The second kappa shape index (κ2) is 4.55. The number of nitrogens with one attached hydrogen (secondary N) is 1. The molecule has 3 nitrogen and oxygen atoms in total. The van der Waals surface area contributed by atoms with E-state index in [-0.39, 0.29) is 5.91 Å². The molecule has 1 heterocycles. The van der Waals surface area contributed by atoms with Crippen LogP contribution in [0, 0.1) is 6.92 Å². The van der Waals surface area contributed by atoms with E-state index in [1.54, 1.807) is 11.3 Å². The first-order valence-corrected chi connectivity index (χ1v) is 6.65. The van der Waals surface area contributed by atoms with E-state index >= 15 is 0 Å². The molecule has 0 aromatic carbocycles. The Kier molecular flexibility index (Phi) is 3.30. The summed E-state index contributed by atoms with van der Waals surface area (Å²) >= 11 is 1.67. The monoisotopic (exact) mass is 238 g/mol. The number of rotatable bonds is 3. The van der Waals surface area contributed by atoms with Gasteiger partial charge in [0.25, 0.3) is 0 Å². The van der Waals surface area contributed by atoms with E-state index in [0.717, 1.165) is 25.7 Å². The Bertz CT molecular complexity index is 380. The number of amides is 1. The van der Waals surface area contributed by atoms with Gasteiger partial charge in [-0.3, -0.25) is 4.79 Å². The molecule has 1 saturated carbocycles. The van der Waals surface area contributed by atoms with Gasteiger partial charge in [-0.2, -0.15) is 11.3 Å². The summed E-state index contributed by atoms with van der Waals surface area (Å²) in [6, 6.07) is 0. The third-order valence-electron chi connectivity index (χ3n) is 3.35. The van der Waals surface area contributed by atoms with Crippen LogP contribution >= 0.6 is 11.3 Å². The van der Waals surface area contributed by atoms with Crippen LogP contribution in [0.5, 0.6) is 0 Å². The van der Waals surface area contributed by atoms with Crippen molar-refractivity contribution in [2.75, 3.05) is 0 Å². The molecule has 0 bridgehead atoms. The standard InChI is InChI=1S/C12H18N2OS/c1-9-7-16-8-10(9)6-14-11(15)12(13)4-2-3-5-12/h7-8H,2-6,13H2,1H3,(H,14,15). The van der Waals surface area contributed by atoms with Crippen molar-refractivity contribution < 1.29 is 4.79 Å². The van der Waals surface area contributed by atoms with Crippen molar-refractivity contribution in [2.24, 2.45) is 5.73 Å². The molecule has 0 atom stereocenters. The predicted octanol–water partition coefficient (Wildman–Crippen LogP) is 1.94. The molecule has 0 aliphatic heterocycles. The van der Waals surface area contributed by atoms with Gasteiger partial charge in [0, 0.05) is 6.54 Å². The summed E-state index contributed by atoms with van der Waals surface area (Å²) in [4.78, 5) is 11.9. The summed E-state index contributed by atoms with van der Waals surface area (Å²) in [6.07, 6.45) is 3.78. The van der Waals surface area contributed by atoms with E-state index < -0.39 is 5.54 Å². The van der Waals surface area contributed by atoms with Gasteiger partial charge in [0.15, 0.2) is 0 Å². The summed E-state index contributed by atoms with van der Waals surface area (Å²) in [6.45, 7) is 2.67. The van der Waals surface area contributed by atoms with Crippen LogP contribution in [0.15, 0.2) is 10.8 Å². The maximum atomic E-state index is 11.9. The van der Waals surface area contributed by atoms with Gasteiger partial charge in [0.2, 0.25) is 5.91 Å². The van der Waals surface area contributed by atoms with Gasteiger partial charge in [0.05, 0.1) is 5.54 Å². The van der Waals surface area contributed by atoms with Gasteiger partial charge in [-0.05, 0) is 41.7 Å². The maximum Gasteiger partial charge on any atom is 0.240 e. The Morgan fingerprint density at radius 1 is 1.50 bits per heavy atom. The largest absolute Gasteiger partial charge is 0.350 e. The zero-order valence-corrected chi connectivity index (χ0v) is 10.4. The number of nitrogens with two attached hydrogens (primary N) is 1. The number of carbonyl (C=O) groups is 1. The second-order valence-electron chi connectivity index (χ2n) is 4.63.